The fourth-order valence-corrected chi connectivity index (χ4v) is 3.47. The first-order valence-corrected chi connectivity index (χ1v) is 9.14. The van der Waals surface area contributed by atoms with Crippen LogP contribution in [0.3, 0.4) is 0 Å². The third-order valence-corrected chi connectivity index (χ3v) is 5.01. The van der Waals surface area contributed by atoms with Crippen LogP contribution in [-0.4, -0.2) is 10.7 Å². The van der Waals surface area contributed by atoms with Gasteiger partial charge in [-0.3, -0.25) is 0 Å². The van der Waals surface area contributed by atoms with Crippen LogP contribution < -0.4 is 34.9 Å². The van der Waals surface area contributed by atoms with Crippen molar-refractivity contribution >= 4 is 23.2 Å². The molecule has 0 bridgehead atoms. The molecule has 3 nitrogen and oxygen atoms in total. The first kappa shape index (κ1) is 14.3. The molecule has 3 rings (SSSR count). The monoisotopic (exact) mass is 422 g/mol. The number of hydrogen-bond acceptors (Lipinski definition) is 3. The van der Waals surface area contributed by atoms with Gasteiger partial charge in [-0.15, -0.1) is 0 Å². The van der Waals surface area contributed by atoms with E-state index in [1.54, 1.807) is 12.1 Å². The molecule has 0 radical (unpaired) electrons. The van der Waals surface area contributed by atoms with Crippen LogP contribution in [0.2, 0.25) is 10.0 Å². The third kappa shape index (κ3) is 2.57. The van der Waals surface area contributed by atoms with Crippen LogP contribution in [0.4, 0.5) is 0 Å². The number of halogens is 3. The summed E-state index contributed by atoms with van der Waals surface area (Å²) in [4.78, 5) is 0. The molecule has 0 fully saturated rings. The number of rotatable bonds is 2. The first-order chi connectivity index (χ1) is 9.70. The second-order valence-electron chi connectivity index (χ2n) is 4.19. The van der Waals surface area contributed by atoms with Gasteiger partial charge in [0, 0.05) is 0 Å². The van der Waals surface area contributed by atoms with Crippen molar-refractivity contribution in [2.24, 2.45) is 3.95 Å². The molecule has 2 aromatic carbocycles. The van der Waals surface area contributed by atoms with E-state index in [1.165, 1.54) is 0 Å². The minimum absolute atomic E-state index is 0.0521. The van der Waals surface area contributed by atoms with Gasteiger partial charge in [-0.1, -0.05) is 0 Å². The summed E-state index contributed by atoms with van der Waals surface area (Å²) in [6, 6.07) is 11.1. The molecule has 6 heteroatoms. The van der Waals surface area contributed by atoms with Crippen LogP contribution in [0.25, 0.3) is 11.1 Å². The van der Waals surface area contributed by atoms with Gasteiger partial charge in [-0.2, -0.15) is 0 Å². The Morgan fingerprint density at radius 1 is 1.10 bits per heavy atom. The Kier molecular flexibility index (Phi) is 4.26. The van der Waals surface area contributed by atoms with Crippen LogP contribution in [-0.2, 0) is 0 Å². The molecule has 1 atom stereocenters. The van der Waals surface area contributed by atoms with Crippen molar-refractivity contribution in [2.45, 2.75) is 4.11 Å². The number of hydrogen-bond donors (Lipinski definition) is 1. The van der Waals surface area contributed by atoms with Crippen LogP contribution in [0.15, 0.2) is 36.4 Å². The SMILES string of the molecule is N[I-]C1COc2cccc(-c3c(Cl)cccc3Cl)c2O1. The molecule has 0 saturated carbocycles. The first-order valence-electron chi connectivity index (χ1n) is 5.89. The van der Waals surface area contributed by atoms with Crippen LogP contribution in [0, 0.1) is 0 Å². The number of alkyl halides is 1. The summed E-state index contributed by atoms with van der Waals surface area (Å²) >= 11 is 12.0. The van der Waals surface area contributed by atoms with E-state index in [0.29, 0.717) is 28.2 Å². The standard InChI is InChI=1S/C14H11Cl2INO2/c15-9-4-2-5-10(16)13(9)8-3-1-6-11-14(8)20-12(17-18)7-19-11/h1-6,12H,7,18H2/q-1. The molecule has 20 heavy (non-hydrogen) atoms. The zero-order valence-corrected chi connectivity index (χ0v) is 13.9. The normalized spacial score (nSPS) is 17.2. The van der Waals surface area contributed by atoms with Crippen molar-refractivity contribution in [3.05, 3.63) is 46.4 Å². The predicted molar refractivity (Wildman–Crippen MR) is 76.0 cm³/mol. The molecule has 1 heterocycles. The second kappa shape index (κ2) is 5.97. The molecule has 1 aliphatic rings. The van der Waals surface area contributed by atoms with Gasteiger partial charge in [0.05, 0.1) is 0 Å². The number of ether oxygens (including phenoxy) is 2. The van der Waals surface area contributed by atoms with Gasteiger partial charge >= 0.3 is 138 Å². The summed E-state index contributed by atoms with van der Waals surface area (Å²) < 4.78 is 17.4. The van der Waals surface area contributed by atoms with Gasteiger partial charge in [0.2, 0.25) is 0 Å². The van der Waals surface area contributed by atoms with E-state index < -0.39 is 21.5 Å². The van der Waals surface area contributed by atoms with E-state index in [1.807, 2.05) is 24.3 Å². The van der Waals surface area contributed by atoms with Gasteiger partial charge in [0.15, 0.2) is 0 Å². The van der Waals surface area contributed by atoms with Gasteiger partial charge in [-0.25, -0.2) is 0 Å². The summed E-state index contributed by atoms with van der Waals surface area (Å²) in [5, 5.41) is 1.16. The topological polar surface area (TPSA) is 44.5 Å². The van der Waals surface area contributed by atoms with Crippen molar-refractivity contribution in [1.29, 1.82) is 0 Å². The predicted octanol–water partition coefficient (Wildman–Crippen LogP) is 0.720. The molecule has 0 aliphatic carbocycles. The molecule has 1 aliphatic heterocycles. The summed E-state index contributed by atoms with van der Waals surface area (Å²) in [6.45, 7) is 0.497. The molecular weight excluding hydrogens is 412 g/mol. The number of para-hydroxylation sites is 1. The summed E-state index contributed by atoms with van der Waals surface area (Å²) in [5.41, 5.74) is 1.59. The molecular formula is C14H11Cl2INO2-. The van der Waals surface area contributed by atoms with Gasteiger partial charge in [-0.05, 0) is 0 Å². The zero-order valence-electron chi connectivity index (χ0n) is 10.3. The van der Waals surface area contributed by atoms with E-state index in [-0.39, 0.29) is 4.11 Å². The molecule has 106 valence electrons. The maximum atomic E-state index is 6.28. The van der Waals surface area contributed by atoms with E-state index in [0.717, 1.165) is 11.1 Å². The summed E-state index contributed by atoms with van der Waals surface area (Å²) in [5.74, 6) is 1.37. The fourth-order valence-electron chi connectivity index (χ4n) is 2.08. The van der Waals surface area contributed by atoms with E-state index in [2.05, 4.69) is 0 Å². The minimum atomic E-state index is -0.552. The molecule has 0 saturated heterocycles. The van der Waals surface area contributed by atoms with Crippen LogP contribution >= 0.6 is 23.2 Å². The fraction of sp³-hybridized carbons (Fsp3) is 0.143. The zero-order chi connectivity index (χ0) is 14.1. The second-order valence-corrected chi connectivity index (χ2v) is 7.12. The van der Waals surface area contributed by atoms with E-state index >= 15 is 0 Å². The van der Waals surface area contributed by atoms with E-state index in [9.17, 15) is 0 Å². The number of benzene rings is 2. The Morgan fingerprint density at radius 3 is 2.50 bits per heavy atom. The Bertz CT molecular complexity index is 631. The average Bonchev–Trinajstić information content (AvgIpc) is 2.47. The molecule has 2 N–H and O–H groups in total. The number of nitrogens with two attached hydrogens (primary N) is 1. The Labute approximate surface area is 137 Å². The van der Waals surface area contributed by atoms with Gasteiger partial charge < -0.3 is 0 Å². The summed E-state index contributed by atoms with van der Waals surface area (Å²) in [6.07, 6.45) is 0. The Balaban J connectivity index is 2.16. The number of fused-ring (bicyclic) bond motifs is 1. The molecule has 0 amide bonds. The van der Waals surface area contributed by atoms with Crippen LogP contribution in [0.1, 0.15) is 0 Å². The third-order valence-electron chi connectivity index (χ3n) is 2.97. The van der Waals surface area contributed by atoms with Crippen molar-refractivity contribution < 1.29 is 31.0 Å². The van der Waals surface area contributed by atoms with Crippen molar-refractivity contribution in [2.75, 3.05) is 6.61 Å². The van der Waals surface area contributed by atoms with Gasteiger partial charge in [0.1, 0.15) is 0 Å². The molecule has 0 spiro atoms. The average molecular weight is 423 g/mol. The van der Waals surface area contributed by atoms with Crippen molar-refractivity contribution in [3.63, 3.8) is 0 Å². The Morgan fingerprint density at radius 2 is 1.80 bits per heavy atom. The maximum absolute atomic E-state index is 6.28. The van der Waals surface area contributed by atoms with E-state index in [4.69, 9.17) is 36.6 Å². The van der Waals surface area contributed by atoms with Crippen molar-refractivity contribution in [1.82, 2.24) is 0 Å². The Hall–Kier alpha value is -0.690. The quantitative estimate of drug-likeness (QED) is 0.440. The van der Waals surface area contributed by atoms with Gasteiger partial charge in [0.25, 0.3) is 0 Å². The van der Waals surface area contributed by atoms with Crippen LogP contribution in [0.5, 0.6) is 11.5 Å². The summed E-state index contributed by atoms with van der Waals surface area (Å²) in [7, 11) is 0. The molecule has 2 aromatic rings. The molecule has 1 unspecified atom stereocenters. The molecule has 0 aromatic heterocycles. The van der Waals surface area contributed by atoms with Crippen molar-refractivity contribution in [3.8, 4) is 22.6 Å².